The number of rotatable bonds is 7. The fourth-order valence-corrected chi connectivity index (χ4v) is 3.17. The summed E-state index contributed by atoms with van der Waals surface area (Å²) >= 11 is 0. The van der Waals surface area contributed by atoms with Crippen molar-refractivity contribution >= 4 is 5.96 Å². The summed E-state index contributed by atoms with van der Waals surface area (Å²) in [6.07, 6.45) is 0. The molecule has 2 heterocycles. The van der Waals surface area contributed by atoms with Crippen LogP contribution in [0.1, 0.15) is 50.5 Å². The molecule has 0 spiro atoms. The Labute approximate surface area is 179 Å². The standard InChI is InChI=1S/C22H34N6O2/c1-5-23-21(25-15-19-26-20(30-27-19)22(2,3)4)24-14-17-8-6-7-9-18(17)16-28-10-12-29-13-11-28/h6-9H,5,10-16H2,1-4H3,(H2,23,24,25). The Kier molecular flexibility index (Phi) is 7.81. The summed E-state index contributed by atoms with van der Waals surface area (Å²) in [4.78, 5) is 11.7. The first-order chi connectivity index (χ1) is 14.5. The molecule has 0 amide bonds. The lowest BCUT2D eigenvalue weighted by atomic mass is 9.97. The van der Waals surface area contributed by atoms with E-state index in [0.29, 0.717) is 24.8 Å². The molecule has 0 unspecified atom stereocenters. The SMILES string of the molecule is CCNC(=NCc1ccccc1CN1CCOCC1)NCc1noc(C(C)(C)C)n1. The summed E-state index contributed by atoms with van der Waals surface area (Å²) in [5.74, 6) is 2.00. The minimum absolute atomic E-state index is 0.159. The summed E-state index contributed by atoms with van der Waals surface area (Å²) in [6, 6.07) is 8.50. The molecule has 30 heavy (non-hydrogen) atoms. The van der Waals surface area contributed by atoms with Crippen molar-refractivity contribution < 1.29 is 9.26 Å². The Morgan fingerprint density at radius 3 is 2.53 bits per heavy atom. The van der Waals surface area contributed by atoms with Crippen molar-refractivity contribution in [3.63, 3.8) is 0 Å². The summed E-state index contributed by atoms with van der Waals surface area (Å²) in [5, 5.41) is 10.7. The molecule has 1 aromatic carbocycles. The van der Waals surface area contributed by atoms with Crippen LogP contribution in [0, 0.1) is 0 Å². The molecule has 0 bridgehead atoms. The maximum Gasteiger partial charge on any atom is 0.232 e. The molecule has 0 atom stereocenters. The summed E-state index contributed by atoms with van der Waals surface area (Å²) < 4.78 is 10.8. The number of nitrogens with zero attached hydrogens (tertiary/aromatic N) is 4. The van der Waals surface area contributed by atoms with Gasteiger partial charge in [0.15, 0.2) is 11.8 Å². The van der Waals surface area contributed by atoms with E-state index in [-0.39, 0.29) is 5.41 Å². The van der Waals surface area contributed by atoms with Gasteiger partial charge in [-0.2, -0.15) is 4.98 Å². The van der Waals surface area contributed by atoms with E-state index in [2.05, 4.69) is 77.6 Å². The van der Waals surface area contributed by atoms with Gasteiger partial charge in [0.25, 0.3) is 0 Å². The minimum Gasteiger partial charge on any atom is -0.379 e. The Hall–Kier alpha value is -2.45. The third kappa shape index (κ3) is 6.53. The topological polar surface area (TPSA) is 87.8 Å². The van der Waals surface area contributed by atoms with Crippen LogP contribution in [0.25, 0.3) is 0 Å². The summed E-state index contributed by atoms with van der Waals surface area (Å²) in [5.41, 5.74) is 2.39. The number of aromatic nitrogens is 2. The smallest absolute Gasteiger partial charge is 0.232 e. The quantitative estimate of drug-likeness (QED) is 0.531. The molecule has 2 N–H and O–H groups in total. The average Bonchev–Trinajstić information content (AvgIpc) is 3.21. The van der Waals surface area contributed by atoms with Gasteiger partial charge in [-0.05, 0) is 18.1 Å². The summed E-state index contributed by atoms with van der Waals surface area (Å²) in [6.45, 7) is 14.5. The van der Waals surface area contributed by atoms with E-state index in [1.807, 2.05) is 0 Å². The Bertz CT molecular complexity index is 821. The van der Waals surface area contributed by atoms with Gasteiger partial charge in [0.2, 0.25) is 5.89 Å². The van der Waals surface area contributed by atoms with Crippen LogP contribution in [0.3, 0.4) is 0 Å². The summed E-state index contributed by atoms with van der Waals surface area (Å²) in [7, 11) is 0. The predicted molar refractivity (Wildman–Crippen MR) is 117 cm³/mol. The van der Waals surface area contributed by atoms with Crippen LogP contribution in [0.2, 0.25) is 0 Å². The second-order valence-electron chi connectivity index (χ2n) is 8.47. The van der Waals surface area contributed by atoms with Crippen LogP contribution in [0.5, 0.6) is 0 Å². The molecule has 0 radical (unpaired) electrons. The van der Waals surface area contributed by atoms with Gasteiger partial charge in [0, 0.05) is 31.6 Å². The fraction of sp³-hybridized carbons (Fsp3) is 0.591. The molecule has 1 saturated heterocycles. The highest BCUT2D eigenvalue weighted by molar-refractivity contribution is 5.79. The number of guanidine groups is 1. The molecule has 1 aromatic heterocycles. The number of hydrogen-bond donors (Lipinski definition) is 2. The third-order valence-electron chi connectivity index (χ3n) is 4.89. The average molecular weight is 415 g/mol. The second-order valence-corrected chi connectivity index (χ2v) is 8.47. The van der Waals surface area contributed by atoms with Gasteiger partial charge in [-0.25, -0.2) is 4.99 Å². The van der Waals surface area contributed by atoms with Crippen LogP contribution >= 0.6 is 0 Å². The predicted octanol–water partition coefficient (Wildman–Crippen LogP) is 2.45. The first-order valence-electron chi connectivity index (χ1n) is 10.7. The molecule has 2 aromatic rings. The maximum absolute atomic E-state index is 5.46. The first-order valence-corrected chi connectivity index (χ1v) is 10.7. The highest BCUT2D eigenvalue weighted by atomic mass is 16.5. The monoisotopic (exact) mass is 414 g/mol. The van der Waals surface area contributed by atoms with E-state index in [0.717, 1.165) is 45.4 Å². The second kappa shape index (κ2) is 10.5. The molecule has 8 heteroatoms. The van der Waals surface area contributed by atoms with E-state index >= 15 is 0 Å². The lowest BCUT2D eigenvalue weighted by Crippen LogP contribution is -2.37. The molecule has 1 fully saturated rings. The zero-order chi connectivity index (χ0) is 21.4. The molecule has 1 aliphatic rings. The number of hydrogen-bond acceptors (Lipinski definition) is 6. The van der Waals surface area contributed by atoms with Crippen molar-refractivity contribution in [3.8, 4) is 0 Å². The van der Waals surface area contributed by atoms with Crippen molar-refractivity contribution in [2.45, 2.75) is 52.7 Å². The van der Waals surface area contributed by atoms with Gasteiger partial charge in [-0.3, -0.25) is 4.90 Å². The zero-order valence-electron chi connectivity index (χ0n) is 18.6. The number of aliphatic imine (C=N–C) groups is 1. The van der Waals surface area contributed by atoms with Crippen LogP contribution in [-0.2, 0) is 29.8 Å². The van der Waals surface area contributed by atoms with Crippen molar-refractivity contribution in [2.75, 3.05) is 32.8 Å². The van der Waals surface area contributed by atoms with Crippen molar-refractivity contribution in [1.29, 1.82) is 0 Å². The lowest BCUT2D eigenvalue weighted by molar-refractivity contribution is 0.0341. The van der Waals surface area contributed by atoms with Gasteiger partial charge in [-0.1, -0.05) is 50.2 Å². The molecule has 8 nitrogen and oxygen atoms in total. The Balaban J connectivity index is 1.62. The van der Waals surface area contributed by atoms with Crippen molar-refractivity contribution in [3.05, 3.63) is 47.1 Å². The lowest BCUT2D eigenvalue weighted by Gasteiger charge is -2.27. The molecule has 0 saturated carbocycles. The maximum atomic E-state index is 5.46. The van der Waals surface area contributed by atoms with Gasteiger partial charge in [-0.15, -0.1) is 0 Å². The van der Waals surface area contributed by atoms with Crippen LogP contribution in [-0.4, -0.2) is 53.8 Å². The van der Waals surface area contributed by atoms with Gasteiger partial charge < -0.3 is 19.9 Å². The van der Waals surface area contributed by atoms with Crippen molar-refractivity contribution in [2.24, 2.45) is 4.99 Å². The molecule has 1 aliphatic heterocycles. The zero-order valence-corrected chi connectivity index (χ0v) is 18.6. The Morgan fingerprint density at radius 2 is 1.87 bits per heavy atom. The normalized spacial score (nSPS) is 15.9. The molecule has 164 valence electrons. The van der Waals surface area contributed by atoms with Gasteiger partial charge in [0.1, 0.15) is 0 Å². The number of nitrogens with one attached hydrogen (secondary N) is 2. The largest absolute Gasteiger partial charge is 0.379 e. The highest BCUT2D eigenvalue weighted by Gasteiger charge is 2.21. The molecule has 3 rings (SSSR count). The molecule has 0 aliphatic carbocycles. The molecular weight excluding hydrogens is 380 g/mol. The van der Waals surface area contributed by atoms with E-state index in [4.69, 9.17) is 14.3 Å². The van der Waals surface area contributed by atoms with E-state index < -0.39 is 0 Å². The highest BCUT2D eigenvalue weighted by Crippen LogP contribution is 2.19. The van der Waals surface area contributed by atoms with Crippen LogP contribution in [0.15, 0.2) is 33.8 Å². The number of benzene rings is 1. The third-order valence-corrected chi connectivity index (χ3v) is 4.89. The minimum atomic E-state index is -0.159. The van der Waals surface area contributed by atoms with Crippen molar-refractivity contribution in [1.82, 2.24) is 25.7 Å². The fourth-order valence-electron chi connectivity index (χ4n) is 3.17. The van der Waals surface area contributed by atoms with E-state index in [1.54, 1.807) is 0 Å². The van der Waals surface area contributed by atoms with Gasteiger partial charge >= 0.3 is 0 Å². The Morgan fingerprint density at radius 1 is 1.13 bits per heavy atom. The van der Waals surface area contributed by atoms with E-state index in [1.165, 1.54) is 11.1 Å². The van der Waals surface area contributed by atoms with E-state index in [9.17, 15) is 0 Å². The molecular formula is C22H34N6O2. The van der Waals surface area contributed by atoms with Gasteiger partial charge in [0.05, 0.1) is 26.3 Å². The number of ether oxygens (including phenoxy) is 1. The number of morpholine rings is 1. The van der Waals surface area contributed by atoms with Crippen LogP contribution in [0.4, 0.5) is 0 Å². The van der Waals surface area contributed by atoms with Crippen LogP contribution < -0.4 is 10.6 Å². The first kappa shape index (κ1) is 22.2.